The molecule has 1 unspecified atom stereocenters. The summed E-state index contributed by atoms with van der Waals surface area (Å²) in [5.74, 6) is -1.12. The highest BCUT2D eigenvalue weighted by molar-refractivity contribution is 5.81. The van der Waals surface area contributed by atoms with Gasteiger partial charge in [-0.15, -0.1) is 0 Å². The molecule has 1 heterocycles. The van der Waals surface area contributed by atoms with Crippen molar-refractivity contribution >= 4 is 17.8 Å². The fraction of sp³-hybridized carbons (Fsp3) is 0.769. The lowest BCUT2D eigenvalue weighted by atomic mass is 9.76. The van der Waals surface area contributed by atoms with E-state index in [1.54, 1.807) is 4.90 Å². The van der Waals surface area contributed by atoms with Gasteiger partial charge in [-0.2, -0.15) is 0 Å². The SMILES string of the molecule is CC(=O)NCCC(=O)N1CCC(C(=O)O)(C(C)C)C1. The van der Waals surface area contributed by atoms with E-state index in [-0.39, 0.29) is 30.7 Å². The second-order valence-electron chi connectivity index (χ2n) is 5.41. The third kappa shape index (κ3) is 3.45. The number of carbonyl (C=O) groups excluding carboxylic acids is 2. The van der Waals surface area contributed by atoms with Crippen LogP contribution in [0.3, 0.4) is 0 Å². The Morgan fingerprint density at radius 3 is 2.42 bits per heavy atom. The summed E-state index contributed by atoms with van der Waals surface area (Å²) in [6, 6.07) is 0. The van der Waals surface area contributed by atoms with Crippen molar-refractivity contribution in [1.82, 2.24) is 10.2 Å². The predicted molar refractivity (Wildman–Crippen MR) is 69.4 cm³/mol. The molecule has 1 aliphatic rings. The van der Waals surface area contributed by atoms with Crippen molar-refractivity contribution in [3.63, 3.8) is 0 Å². The molecule has 0 bridgehead atoms. The maximum Gasteiger partial charge on any atom is 0.311 e. The van der Waals surface area contributed by atoms with Gasteiger partial charge in [-0.3, -0.25) is 14.4 Å². The molecule has 6 nitrogen and oxygen atoms in total. The van der Waals surface area contributed by atoms with Gasteiger partial charge in [0.1, 0.15) is 0 Å². The summed E-state index contributed by atoms with van der Waals surface area (Å²) in [5.41, 5.74) is -0.830. The Balaban J connectivity index is 2.57. The van der Waals surface area contributed by atoms with Crippen molar-refractivity contribution < 1.29 is 19.5 Å². The minimum Gasteiger partial charge on any atom is -0.481 e. The molecule has 1 atom stereocenters. The quantitative estimate of drug-likeness (QED) is 0.760. The molecule has 2 N–H and O–H groups in total. The first kappa shape index (κ1) is 15.5. The zero-order chi connectivity index (χ0) is 14.6. The zero-order valence-electron chi connectivity index (χ0n) is 11.7. The second-order valence-corrected chi connectivity index (χ2v) is 5.41. The smallest absolute Gasteiger partial charge is 0.311 e. The van der Waals surface area contributed by atoms with Crippen LogP contribution in [0.15, 0.2) is 0 Å². The molecular formula is C13H22N2O4. The minimum absolute atomic E-state index is 0.0156. The van der Waals surface area contributed by atoms with Crippen LogP contribution in [0.1, 0.15) is 33.6 Å². The molecule has 108 valence electrons. The lowest BCUT2D eigenvalue weighted by Gasteiger charge is -2.28. The van der Waals surface area contributed by atoms with E-state index in [4.69, 9.17) is 0 Å². The fourth-order valence-electron chi connectivity index (χ4n) is 2.44. The van der Waals surface area contributed by atoms with E-state index < -0.39 is 11.4 Å². The molecule has 0 aromatic carbocycles. The first-order chi connectivity index (χ1) is 8.79. The Morgan fingerprint density at radius 2 is 2.00 bits per heavy atom. The van der Waals surface area contributed by atoms with Gasteiger partial charge in [-0.25, -0.2) is 0 Å². The number of likely N-dealkylation sites (tertiary alicyclic amines) is 1. The average Bonchev–Trinajstić information content (AvgIpc) is 2.74. The van der Waals surface area contributed by atoms with Gasteiger partial charge >= 0.3 is 5.97 Å². The van der Waals surface area contributed by atoms with Crippen LogP contribution in [0.25, 0.3) is 0 Å². The number of nitrogens with zero attached hydrogens (tertiary/aromatic N) is 1. The van der Waals surface area contributed by atoms with E-state index in [1.165, 1.54) is 6.92 Å². The van der Waals surface area contributed by atoms with Crippen LogP contribution >= 0.6 is 0 Å². The topological polar surface area (TPSA) is 86.7 Å². The second kappa shape index (κ2) is 6.04. The van der Waals surface area contributed by atoms with Gasteiger partial charge in [0.25, 0.3) is 0 Å². The third-order valence-corrected chi connectivity index (χ3v) is 3.90. The standard InChI is InChI=1S/C13H22N2O4/c1-9(2)13(12(18)19)5-7-15(8-13)11(17)4-6-14-10(3)16/h9H,4-8H2,1-3H3,(H,14,16)(H,18,19). The molecule has 1 saturated heterocycles. The number of amides is 2. The predicted octanol–water partition coefficient (Wildman–Crippen LogP) is 0.472. The maximum atomic E-state index is 11.9. The molecule has 1 aliphatic heterocycles. The molecule has 1 rings (SSSR count). The molecule has 0 saturated carbocycles. The summed E-state index contributed by atoms with van der Waals surface area (Å²) in [5, 5.41) is 12.0. The first-order valence-corrected chi connectivity index (χ1v) is 6.55. The van der Waals surface area contributed by atoms with Gasteiger partial charge in [0.15, 0.2) is 0 Å². The molecule has 1 fully saturated rings. The summed E-state index contributed by atoms with van der Waals surface area (Å²) < 4.78 is 0. The highest BCUT2D eigenvalue weighted by Crippen LogP contribution is 2.38. The van der Waals surface area contributed by atoms with Crippen LogP contribution in [0.5, 0.6) is 0 Å². The van der Waals surface area contributed by atoms with E-state index in [0.717, 1.165) is 0 Å². The van der Waals surface area contributed by atoms with Crippen LogP contribution in [-0.2, 0) is 14.4 Å². The van der Waals surface area contributed by atoms with Crippen LogP contribution in [0.2, 0.25) is 0 Å². The van der Waals surface area contributed by atoms with Crippen molar-refractivity contribution in [1.29, 1.82) is 0 Å². The van der Waals surface area contributed by atoms with Gasteiger partial charge in [0.2, 0.25) is 11.8 Å². The van der Waals surface area contributed by atoms with Crippen LogP contribution in [0.4, 0.5) is 0 Å². The monoisotopic (exact) mass is 270 g/mol. The van der Waals surface area contributed by atoms with Gasteiger partial charge in [-0.1, -0.05) is 13.8 Å². The summed E-state index contributed by atoms with van der Waals surface area (Å²) >= 11 is 0. The summed E-state index contributed by atoms with van der Waals surface area (Å²) in [6.45, 7) is 6.18. The molecule has 6 heteroatoms. The van der Waals surface area contributed by atoms with Gasteiger partial charge in [-0.05, 0) is 12.3 Å². The van der Waals surface area contributed by atoms with E-state index in [0.29, 0.717) is 19.5 Å². The molecule has 0 aromatic rings. The molecule has 0 radical (unpaired) electrons. The third-order valence-electron chi connectivity index (χ3n) is 3.90. The zero-order valence-corrected chi connectivity index (χ0v) is 11.7. The van der Waals surface area contributed by atoms with Crippen molar-refractivity contribution in [2.75, 3.05) is 19.6 Å². The Kier molecular flexibility index (Phi) is 4.91. The number of rotatable bonds is 5. The van der Waals surface area contributed by atoms with E-state index in [1.807, 2.05) is 13.8 Å². The lowest BCUT2D eigenvalue weighted by molar-refractivity contribution is -0.151. The fourth-order valence-corrected chi connectivity index (χ4v) is 2.44. The average molecular weight is 270 g/mol. The number of carboxylic acid groups (broad SMARTS) is 1. The van der Waals surface area contributed by atoms with Crippen LogP contribution in [0, 0.1) is 11.3 Å². The molecule has 0 aromatic heterocycles. The molecule has 19 heavy (non-hydrogen) atoms. The number of hydrogen-bond acceptors (Lipinski definition) is 3. The Morgan fingerprint density at radius 1 is 1.37 bits per heavy atom. The van der Waals surface area contributed by atoms with Gasteiger partial charge in [0, 0.05) is 33.0 Å². The molecule has 0 aliphatic carbocycles. The number of carboxylic acids is 1. The highest BCUT2D eigenvalue weighted by Gasteiger charge is 2.48. The summed E-state index contributed by atoms with van der Waals surface area (Å²) in [7, 11) is 0. The largest absolute Gasteiger partial charge is 0.481 e. The molecular weight excluding hydrogens is 248 g/mol. The van der Waals surface area contributed by atoms with Crippen LogP contribution in [-0.4, -0.2) is 47.4 Å². The maximum absolute atomic E-state index is 11.9. The molecule has 0 spiro atoms. The Labute approximate surface area is 113 Å². The molecule has 2 amide bonds. The normalized spacial score (nSPS) is 22.6. The van der Waals surface area contributed by atoms with E-state index >= 15 is 0 Å². The van der Waals surface area contributed by atoms with Gasteiger partial charge < -0.3 is 15.3 Å². The van der Waals surface area contributed by atoms with Crippen molar-refractivity contribution in [3.8, 4) is 0 Å². The van der Waals surface area contributed by atoms with Crippen molar-refractivity contribution in [2.24, 2.45) is 11.3 Å². The van der Waals surface area contributed by atoms with Gasteiger partial charge in [0.05, 0.1) is 5.41 Å². The lowest BCUT2D eigenvalue weighted by Crippen LogP contribution is -2.41. The minimum atomic E-state index is -0.834. The van der Waals surface area contributed by atoms with Crippen molar-refractivity contribution in [3.05, 3.63) is 0 Å². The van der Waals surface area contributed by atoms with Crippen molar-refractivity contribution in [2.45, 2.75) is 33.6 Å². The summed E-state index contributed by atoms with van der Waals surface area (Å²) in [6.07, 6.45) is 0.708. The Hall–Kier alpha value is -1.59. The number of hydrogen-bond donors (Lipinski definition) is 2. The number of nitrogens with one attached hydrogen (secondary N) is 1. The first-order valence-electron chi connectivity index (χ1n) is 6.55. The Bertz CT molecular complexity index is 381. The summed E-state index contributed by atoms with van der Waals surface area (Å²) in [4.78, 5) is 35.7. The number of aliphatic carboxylic acids is 1. The highest BCUT2D eigenvalue weighted by atomic mass is 16.4. The van der Waals surface area contributed by atoms with Crippen LogP contribution < -0.4 is 5.32 Å². The van der Waals surface area contributed by atoms with E-state index in [2.05, 4.69) is 5.32 Å². The number of carbonyl (C=O) groups is 3. The van der Waals surface area contributed by atoms with E-state index in [9.17, 15) is 19.5 Å².